The number of para-hydroxylation sites is 2. The molecule has 1 N–H and O–H groups in total. The third-order valence-electron chi connectivity index (χ3n) is 7.17. The summed E-state index contributed by atoms with van der Waals surface area (Å²) in [5, 5.41) is 3.71. The second kappa shape index (κ2) is 13.6. The van der Waals surface area contributed by atoms with Crippen molar-refractivity contribution in [3.05, 3.63) is 88.4 Å². The molecule has 1 aliphatic carbocycles. The van der Waals surface area contributed by atoms with Gasteiger partial charge in [0, 0.05) is 12.6 Å². The molecule has 0 bridgehead atoms. The fourth-order valence-electron chi connectivity index (χ4n) is 4.88. The molecule has 0 radical (unpaired) electrons. The molecule has 1 saturated carbocycles. The Morgan fingerprint density at radius 1 is 0.976 bits per heavy atom. The van der Waals surface area contributed by atoms with E-state index in [0.29, 0.717) is 15.6 Å². The van der Waals surface area contributed by atoms with Crippen molar-refractivity contribution in [2.24, 2.45) is 0 Å². The number of anilines is 1. The molecule has 3 aromatic rings. The summed E-state index contributed by atoms with van der Waals surface area (Å²) < 4.78 is 34.3. The summed E-state index contributed by atoms with van der Waals surface area (Å²) >= 11 is 12.3. The highest BCUT2D eigenvalue weighted by atomic mass is 35.5. The highest BCUT2D eigenvalue weighted by Gasteiger charge is 2.34. The van der Waals surface area contributed by atoms with Crippen molar-refractivity contribution in [3.8, 4) is 5.75 Å². The zero-order chi connectivity index (χ0) is 29.6. The zero-order valence-electron chi connectivity index (χ0n) is 22.9. The van der Waals surface area contributed by atoms with Crippen LogP contribution in [0.25, 0.3) is 0 Å². The predicted molar refractivity (Wildman–Crippen MR) is 161 cm³/mol. The molecule has 0 aromatic heterocycles. The van der Waals surface area contributed by atoms with Crippen LogP contribution in [0.4, 0.5) is 5.69 Å². The lowest BCUT2D eigenvalue weighted by atomic mass is 10.1. The van der Waals surface area contributed by atoms with Crippen LogP contribution in [0.3, 0.4) is 0 Å². The van der Waals surface area contributed by atoms with Crippen LogP contribution < -0.4 is 14.4 Å². The van der Waals surface area contributed by atoms with Gasteiger partial charge in [-0.3, -0.25) is 13.9 Å². The van der Waals surface area contributed by atoms with Gasteiger partial charge in [0.15, 0.2) is 0 Å². The molecule has 41 heavy (non-hydrogen) atoms. The number of carbonyl (C=O) groups excluding carboxylic acids is 2. The zero-order valence-corrected chi connectivity index (χ0v) is 25.3. The Bertz CT molecular complexity index is 1480. The van der Waals surface area contributed by atoms with Crippen LogP contribution in [0.2, 0.25) is 10.0 Å². The van der Waals surface area contributed by atoms with Crippen LogP contribution in [-0.2, 0) is 26.2 Å². The summed E-state index contributed by atoms with van der Waals surface area (Å²) in [6.07, 6.45) is 3.85. The molecule has 0 aliphatic heterocycles. The van der Waals surface area contributed by atoms with E-state index in [1.165, 1.54) is 24.1 Å². The van der Waals surface area contributed by atoms with Gasteiger partial charge in [0.05, 0.1) is 27.7 Å². The van der Waals surface area contributed by atoms with Crippen molar-refractivity contribution >= 4 is 50.7 Å². The van der Waals surface area contributed by atoms with Gasteiger partial charge in [-0.15, -0.1) is 0 Å². The fraction of sp³-hybridized carbons (Fsp3) is 0.333. The monoisotopic (exact) mass is 617 g/mol. The van der Waals surface area contributed by atoms with Gasteiger partial charge in [-0.1, -0.05) is 72.4 Å². The van der Waals surface area contributed by atoms with Gasteiger partial charge in [0.25, 0.3) is 10.0 Å². The van der Waals surface area contributed by atoms with Crippen LogP contribution in [0.5, 0.6) is 5.75 Å². The molecule has 218 valence electrons. The number of ether oxygens (including phenoxy) is 1. The van der Waals surface area contributed by atoms with Gasteiger partial charge in [0.2, 0.25) is 11.8 Å². The number of benzene rings is 3. The van der Waals surface area contributed by atoms with Gasteiger partial charge >= 0.3 is 0 Å². The first-order chi connectivity index (χ1) is 19.6. The molecule has 1 aliphatic rings. The largest absolute Gasteiger partial charge is 0.495 e. The molecule has 3 aromatic carbocycles. The molecule has 0 spiro atoms. The first-order valence-electron chi connectivity index (χ1n) is 13.4. The van der Waals surface area contributed by atoms with Crippen molar-refractivity contribution < 1.29 is 22.7 Å². The highest BCUT2D eigenvalue weighted by Crippen LogP contribution is 2.33. The minimum atomic E-state index is -4.20. The van der Waals surface area contributed by atoms with Gasteiger partial charge in [-0.25, -0.2) is 8.42 Å². The summed E-state index contributed by atoms with van der Waals surface area (Å²) in [6, 6.07) is 18.6. The van der Waals surface area contributed by atoms with E-state index in [2.05, 4.69) is 5.32 Å². The number of hydrogen-bond donors (Lipinski definition) is 1. The summed E-state index contributed by atoms with van der Waals surface area (Å²) in [4.78, 5) is 28.8. The van der Waals surface area contributed by atoms with E-state index >= 15 is 0 Å². The van der Waals surface area contributed by atoms with Crippen molar-refractivity contribution in [2.75, 3.05) is 18.0 Å². The average Bonchev–Trinajstić information content (AvgIpc) is 3.49. The second-order valence-corrected chi connectivity index (χ2v) is 12.6. The highest BCUT2D eigenvalue weighted by molar-refractivity contribution is 7.92. The summed E-state index contributed by atoms with van der Waals surface area (Å²) in [5.74, 6) is -0.599. The number of methoxy groups -OCH3 is 1. The molecule has 0 heterocycles. The van der Waals surface area contributed by atoms with E-state index in [4.69, 9.17) is 27.9 Å². The fourth-order valence-corrected chi connectivity index (χ4v) is 6.64. The van der Waals surface area contributed by atoms with Crippen LogP contribution >= 0.6 is 23.2 Å². The van der Waals surface area contributed by atoms with E-state index in [1.54, 1.807) is 67.6 Å². The Morgan fingerprint density at radius 2 is 1.63 bits per heavy atom. The maximum atomic E-state index is 14.1. The van der Waals surface area contributed by atoms with Crippen LogP contribution in [0.1, 0.15) is 38.2 Å². The lowest BCUT2D eigenvalue weighted by Gasteiger charge is -2.33. The van der Waals surface area contributed by atoms with Crippen LogP contribution in [0.15, 0.2) is 77.7 Å². The molecule has 2 amide bonds. The van der Waals surface area contributed by atoms with Crippen LogP contribution in [-0.4, -0.2) is 50.9 Å². The van der Waals surface area contributed by atoms with Crippen molar-refractivity contribution in [2.45, 2.75) is 56.1 Å². The van der Waals surface area contributed by atoms with E-state index in [9.17, 15) is 18.0 Å². The smallest absolute Gasteiger partial charge is 0.264 e. The SMILES string of the molecule is COc1ccccc1N(CC(=O)N(Cc1ccc(Cl)c(Cl)c1)[C@@H](C)C(=O)NC1CCCC1)S(=O)(=O)c1ccccc1. The van der Waals surface area contributed by atoms with Gasteiger partial charge in [-0.05, 0) is 61.7 Å². The minimum Gasteiger partial charge on any atom is -0.495 e. The number of nitrogens with one attached hydrogen (secondary N) is 1. The van der Waals surface area contributed by atoms with Gasteiger partial charge in [0.1, 0.15) is 18.3 Å². The predicted octanol–water partition coefficient (Wildman–Crippen LogP) is 5.67. The number of nitrogens with zero attached hydrogens (tertiary/aromatic N) is 2. The third kappa shape index (κ3) is 7.33. The Kier molecular flexibility index (Phi) is 10.2. The maximum Gasteiger partial charge on any atom is 0.264 e. The van der Waals surface area contributed by atoms with Gasteiger partial charge < -0.3 is 15.0 Å². The van der Waals surface area contributed by atoms with Crippen molar-refractivity contribution in [1.82, 2.24) is 10.2 Å². The number of halogens is 2. The molecule has 1 fully saturated rings. The summed E-state index contributed by atoms with van der Waals surface area (Å²) in [7, 11) is -2.77. The number of rotatable bonds is 11. The molecule has 4 rings (SSSR count). The Hall–Kier alpha value is -3.27. The van der Waals surface area contributed by atoms with E-state index < -0.39 is 28.5 Å². The molecule has 8 nitrogen and oxygen atoms in total. The van der Waals surface area contributed by atoms with Crippen molar-refractivity contribution in [3.63, 3.8) is 0 Å². The normalized spacial score (nSPS) is 14.3. The maximum absolute atomic E-state index is 14.1. The molecular formula is C30H33Cl2N3O5S. The molecule has 0 saturated heterocycles. The number of carbonyl (C=O) groups is 2. The molecule has 1 atom stereocenters. The lowest BCUT2D eigenvalue weighted by molar-refractivity contribution is -0.139. The van der Waals surface area contributed by atoms with E-state index in [0.717, 1.165) is 30.0 Å². The standard InChI is InChI=1S/C30H33Cl2N3O5S/c1-21(30(37)33-23-10-6-7-11-23)34(19-22-16-17-25(31)26(32)18-22)29(36)20-35(27-14-8-9-15-28(27)40-2)41(38,39)24-12-4-3-5-13-24/h3-5,8-9,12-18,21,23H,6-7,10-11,19-20H2,1-2H3,(H,33,37)/t21-/m0/s1. The van der Waals surface area contributed by atoms with E-state index in [1.807, 2.05) is 0 Å². The first-order valence-corrected chi connectivity index (χ1v) is 15.6. The summed E-state index contributed by atoms with van der Waals surface area (Å²) in [6.45, 7) is 1.08. The Labute approximate surface area is 251 Å². The van der Waals surface area contributed by atoms with E-state index in [-0.39, 0.29) is 34.8 Å². The molecular weight excluding hydrogens is 585 g/mol. The lowest BCUT2D eigenvalue weighted by Crippen LogP contribution is -2.52. The Morgan fingerprint density at radius 3 is 2.29 bits per heavy atom. The van der Waals surface area contributed by atoms with Crippen LogP contribution in [0, 0.1) is 0 Å². The number of amides is 2. The molecule has 0 unspecified atom stereocenters. The number of hydrogen-bond acceptors (Lipinski definition) is 5. The molecule has 11 heteroatoms. The Balaban J connectivity index is 1.71. The van der Waals surface area contributed by atoms with Crippen molar-refractivity contribution in [1.29, 1.82) is 0 Å². The third-order valence-corrected chi connectivity index (χ3v) is 9.68. The average molecular weight is 619 g/mol. The second-order valence-electron chi connectivity index (χ2n) is 9.93. The minimum absolute atomic E-state index is 0.0140. The number of sulfonamides is 1. The quantitative estimate of drug-likeness (QED) is 0.299. The first kappa shape index (κ1) is 30.7. The summed E-state index contributed by atoms with van der Waals surface area (Å²) in [5.41, 5.74) is 0.841. The topological polar surface area (TPSA) is 96.0 Å². The van der Waals surface area contributed by atoms with Gasteiger partial charge in [-0.2, -0.15) is 0 Å².